The SMILES string of the molecule is CCOC(=O)c1[nH]c(-c2ccc(C)cc2)c2c(=O)[nH]c(NC(C)(C)C)nc12. The third-order valence-electron chi connectivity index (χ3n) is 3.97. The van der Waals surface area contributed by atoms with Gasteiger partial charge in [-0.15, -0.1) is 0 Å². The van der Waals surface area contributed by atoms with Crippen molar-refractivity contribution in [3.63, 3.8) is 0 Å². The number of esters is 1. The maximum Gasteiger partial charge on any atom is 0.357 e. The van der Waals surface area contributed by atoms with Crippen molar-refractivity contribution < 1.29 is 9.53 Å². The van der Waals surface area contributed by atoms with Crippen LogP contribution in [0.3, 0.4) is 0 Å². The second-order valence-corrected chi connectivity index (χ2v) is 7.47. The van der Waals surface area contributed by atoms with Crippen molar-refractivity contribution in [2.45, 2.75) is 40.2 Å². The van der Waals surface area contributed by atoms with Crippen LogP contribution in [0.2, 0.25) is 0 Å². The Morgan fingerprint density at radius 3 is 2.44 bits per heavy atom. The molecule has 3 N–H and O–H groups in total. The molecule has 3 rings (SSSR count). The fourth-order valence-electron chi connectivity index (χ4n) is 2.83. The molecule has 0 bridgehead atoms. The van der Waals surface area contributed by atoms with Gasteiger partial charge in [0.15, 0.2) is 5.69 Å². The molecule has 0 amide bonds. The number of hydrogen-bond donors (Lipinski definition) is 3. The largest absolute Gasteiger partial charge is 0.461 e. The van der Waals surface area contributed by atoms with Gasteiger partial charge in [0.25, 0.3) is 5.56 Å². The second kappa shape index (κ2) is 6.90. The predicted molar refractivity (Wildman–Crippen MR) is 106 cm³/mol. The zero-order valence-corrected chi connectivity index (χ0v) is 16.2. The average molecular weight is 368 g/mol. The van der Waals surface area contributed by atoms with E-state index in [1.807, 2.05) is 52.0 Å². The number of nitrogens with one attached hydrogen (secondary N) is 3. The number of rotatable bonds is 4. The highest BCUT2D eigenvalue weighted by atomic mass is 16.5. The van der Waals surface area contributed by atoms with Crippen LogP contribution < -0.4 is 10.9 Å². The molecule has 1 aromatic carbocycles. The van der Waals surface area contributed by atoms with Gasteiger partial charge in [0.05, 0.1) is 17.7 Å². The van der Waals surface area contributed by atoms with Gasteiger partial charge in [0.1, 0.15) is 5.52 Å². The fourth-order valence-corrected chi connectivity index (χ4v) is 2.83. The quantitative estimate of drug-likeness (QED) is 0.611. The van der Waals surface area contributed by atoms with Gasteiger partial charge in [-0.1, -0.05) is 29.8 Å². The molecule has 7 nitrogen and oxygen atoms in total. The topological polar surface area (TPSA) is 99.9 Å². The van der Waals surface area contributed by atoms with Crippen LogP contribution in [0.1, 0.15) is 43.7 Å². The molecule has 3 aromatic rings. The summed E-state index contributed by atoms with van der Waals surface area (Å²) >= 11 is 0. The molecule has 142 valence electrons. The lowest BCUT2D eigenvalue weighted by Gasteiger charge is -2.20. The number of fused-ring (bicyclic) bond motifs is 1. The zero-order valence-electron chi connectivity index (χ0n) is 16.2. The Labute approximate surface area is 157 Å². The van der Waals surface area contributed by atoms with Gasteiger partial charge >= 0.3 is 5.97 Å². The van der Waals surface area contributed by atoms with Crippen molar-refractivity contribution in [3.8, 4) is 11.3 Å². The van der Waals surface area contributed by atoms with Crippen LogP contribution in [0.25, 0.3) is 22.2 Å². The van der Waals surface area contributed by atoms with Crippen molar-refractivity contribution >= 4 is 22.8 Å². The van der Waals surface area contributed by atoms with Gasteiger partial charge in [-0.05, 0) is 40.2 Å². The molecule has 0 radical (unpaired) electrons. The molecular weight excluding hydrogens is 344 g/mol. The van der Waals surface area contributed by atoms with Crippen molar-refractivity contribution in [2.24, 2.45) is 0 Å². The Morgan fingerprint density at radius 2 is 1.85 bits per heavy atom. The van der Waals surface area contributed by atoms with Gasteiger partial charge in [0.2, 0.25) is 5.95 Å². The van der Waals surface area contributed by atoms with E-state index in [0.29, 0.717) is 22.5 Å². The van der Waals surface area contributed by atoms with Gasteiger partial charge in [-0.2, -0.15) is 0 Å². The number of H-pyrrole nitrogens is 2. The van der Waals surface area contributed by atoms with E-state index in [9.17, 15) is 9.59 Å². The first-order valence-corrected chi connectivity index (χ1v) is 8.88. The van der Waals surface area contributed by atoms with Gasteiger partial charge in [-0.25, -0.2) is 9.78 Å². The van der Waals surface area contributed by atoms with Gasteiger partial charge in [-0.3, -0.25) is 9.78 Å². The predicted octanol–water partition coefficient (Wildman–Crippen LogP) is 3.61. The van der Waals surface area contributed by atoms with Crippen LogP contribution >= 0.6 is 0 Å². The molecule has 7 heteroatoms. The summed E-state index contributed by atoms with van der Waals surface area (Å²) in [5.41, 5.74) is 2.28. The molecule has 27 heavy (non-hydrogen) atoms. The molecule has 0 unspecified atom stereocenters. The van der Waals surface area contributed by atoms with Gasteiger partial charge < -0.3 is 15.0 Å². The monoisotopic (exact) mass is 368 g/mol. The maximum atomic E-state index is 12.8. The fraction of sp³-hybridized carbons (Fsp3) is 0.350. The van der Waals surface area contributed by atoms with Crippen LogP contribution in [0.15, 0.2) is 29.1 Å². The van der Waals surface area contributed by atoms with Crippen molar-refractivity contribution in [2.75, 3.05) is 11.9 Å². The minimum atomic E-state index is -0.541. The zero-order chi connectivity index (χ0) is 19.8. The molecule has 2 aromatic heterocycles. The smallest absolute Gasteiger partial charge is 0.357 e. The number of hydrogen-bond acceptors (Lipinski definition) is 5. The Hall–Kier alpha value is -3.09. The Kier molecular flexibility index (Phi) is 4.78. The van der Waals surface area contributed by atoms with Crippen LogP contribution in [0.5, 0.6) is 0 Å². The first kappa shape index (κ1) is 18.7. The first-order chi connectivity index (χ1) is 12.7. The highest BCUT2D eigenvalue weighted by Gasteiger charge is 2.23. The molecule has 0 atom stereocenters. The van der Waals surface area contributed by atoms with E-state index in [1.165, 1.54) is 0 Å². The summed E-state index contributed by atoms with van der Waals surface area (Å²) < 4.78 is 5.14. The second-order valence-electron chi connectivity index (χ2n) is 7.47. The van der Waals surface area contributed by atoms with Crippen molar-refractivity contribution in [1.29, 1.82) is 0 Å². The number of aromatic nitrogens is 3. The normalized spacial score (nSPS) is 11.6. The lowest BCUT2D eigenvalue weighted by Crippen LogP contribution is -2.28. The number of benzene rings is 1. The third-order valence-corrected chi connectivity index (χ3v) is 3.97. The minimum absolute atomic E-state index is 0.172. The van der Waals surface area contributed by atoms with E-state index in [2.05, 4.69) is 20.3 Å². The van der Waals surface area contributed by atoms with E-state index in [0.717, 1.165) is 11.1 Å². The van der Waals surface area contributed by atoms with Crippen LogP contribution in [0, 0.1) is 6.92 Å². The summed E-state index contributed by atoms with van der Waals surface area (Å²) in [5.74, 6) is -0.235. The Morgan fingerprint density at radius 1 is 1.19 bits per heavy atom. The van der Waals surface area contributed by atoms with Crippen LogP contribution in [-0.2, 0) is 4.74 Å². The highest BCUT2D eigenvalue weighted by molar-refractivity contribution is 6.07. The van der Waals surface area contributed by atoms with Crippen molar-refractivity contribution in [1.82, 2.24) is 15.0 Å². The summed E-state index contributed by atoms with van der Waals surface area (Å²) in [4.78, 5) is 35.6. The number of ether oxygens (including phenoxy) is 1. The number of aromatic amines is 2. The molecule has 0 saturated heterocycles. The average Bonchev–Trinajstić information content (AvgIpc) is 2.94. The molecule has 0 aliphatic carbocycles. The summed E-state index contributed by atoms with van der Waals surface area (Å²) in [7, 11) is 0. The maximum absolute atomic E-state index is 12.8. The number of carbonyl (C=O) groups is 1. The van der Waals surface area contributed by atoms with E-state index in [1.54, 1.807) is 6.92 Å². The lowest BCUT2D eigenvalue weighted by atomic mass is 10.1. The summed E-state index contributed by atoms with van der Waals surface area (Å²) in [6.07, 6.45) is 0. The highest BCUT2D eigenvalue weighted by Crippen LogP contribution is 2.29. The van der Waals surface area contributed by atoms with Crippen LogP contribution in [-0.4, -0.2) is 33.1 Å². The van der Waals surface area contributed by atoms with Crippen LogP contribution in [0.4, 0.5) is 5.95 Å². The molecule has 0 aliphatic rings. The summed E-state index contributed by atoms with van der Waals surface area (Å²) in [6.45, 7) is 9.82. The van der Waals surface area contributed by atoms with E-state index < -0.39 is 5.97 Å². The number of aryl methyl sites for hydroxylation is 1. The minimum Gasteiger partial charge on any atom is -0.461 e. The molecule has 0 aliphatic heterocycles. The lowest BCUT2D eigenvalue weighted by molar-refractivity contribution is 0.0522. The van der Waals surface area contributed by atoms with Crippen molar-refractivity contribution in [3.05, 3.63) is 45.9 Å². The van der Waals surface area contributed by atoms with E-state index >= 15 is 0 Å². The van der Waals surface area contributed by atoms with E-state index in [-0.39, 0.29) is 23.4 Å². The van der Waals surface area contributed by atoms with Gasteiger partial charge in [0, 0.05) is 5.54 Å². The molecule has 0 saturated carbocycles. The molecule has 0 spiro atoms. The first-order valence-electron chi connectivity index (χ1n) is 8.88. The summed E-state index contributed by atoms with van der Waals surface area (Å²) in [5, 5.41) is 3.47. The Balaban J connectivity index is 2.27. The van der Waals surface area contributed by atoms with E-state index in [4.69, 9.17) is 4.74 Å². The number of nitrogens with zero attached hydrogens (tertiary/aromatic N) is 1. The molecule has 2 heterocycles. The molecular formula is C20H24N4O3. The molecule has 0 fully saturated rings. The standard InChI is InChI=1S/C20H24N4O3/c1-6-27-18(26)16-15-13(14(21-16)12-9-7-11(2)8-10-12)17(25)23-19(22-15)24-20(3,4)5/h7-10,21H,6H2,1-5H3,(H2,22,23,24,25). The third kappa shape index (κ3) is 3.86. The Bertz CT molecular complexity index is 1040. The summed E-state index contributed by atoms with van der Waals surface area (Å²) in [6, 6.07) is 7.69. The number of anilines is 1. The number of carbonyl (C=O) groups excluding carboxylic acids is 1.